The topological polar surface area (TPSA) is 117 Å². The van der Waals surface area contributed by atoms with Crippen LogP contribution in [0.25, 0.3) is 0 Å². The quantitative estimate of drug-likeness (QED) is 0.460. The van der Waals surface area contributed by atoms with Gasteiger partial charge in [-0.2, -0.15) is 0 Å². The zero-order valence-electron chi connectivity index (χ0n) is 9.99. The number of ether oxygens (including phenoxy) is 2. The second kappa shape index (κ2) is 6.22. The van der Waals surface area contributed by atoms with Gasteiger partial charge in [0.25, 0.3) is 0 Å². The third-order valence-electron chi connectivity index (χ3n) is 2.57. The highest BCUT2D eigenvalue weighted by Crippen LogP contribution is 2.14. The molecular formula is C10H16N2O6. The summed E-state index contributed by atoms with van der Waals surface area (Å²) in [5.74, 6) is 0. The molecule has 1 rings (SSSR count). The van der Waals surface area contributed by atoms with Gasteiger partial charge in [0.2, 0.25) is 0 Å². The van der Waals surface area contributed by atoms with E-state index < -0.39 is 36.5 Å². The molecule has 0 aromatic rings. The zero-order valence-corrected chi connectivity index (χ0v) is 9.99. The van der Waals surface area contributed by atoms with E-state index in [0.717, 1.165) is 0 Å². The second-order valence-corrected chi connectivity index (χ2v) is 3.69. The van der Waals surface area contributed by atoms with Crippen LogP contribution in [0.4, 0.5) is 9.59 Å². The van der Waals surface area contributed by atoms with Crippen LogP contribution in [0.15, 0.2) is 12.2 Å². The van der Waals surface area contributed by atoms with Crippen molar-refractivity contribution in [2.75, 3.05) is 14.2 Å². The van der Waals surface area contributed by atoms with Crippen molar-refractivity contribution in [1.82, 2.24) is 10.6 Å². The van der Waals surface area contributed by atoms with Crippen LogP contribution >= 0.6 is 0 Å². The first kappa shape index (κ1) is 14.3. The van der Waals surface area contributed by atoms with Gasteiger partial charge >= 0.3 is 12.2 Å². The van der Waals surface area contributed by atoms with E-state index in [2.05, 4.69) is 20.1 Å². The Labute approximate surface area is 104 Å². The molecule has 0 spiro atoms. The monoisotopic (exact) mass is 260 g/mol. The van der Waals surface area contributed by atoms with E-state index in [1.54, 1.807) is 0 Å². The van der Waals surface area contributed by atoms with Crippen LogP contribution in [0.5, 0.6) is 0 Å². The van der Waals surface area contributed by atoms with Crippen molar-refractivity contribution in [2.45, 2.75) is 24.3 Å². The van der Waals surface area contributed by atoms with Crippen LogP contribution in [0.1, 0.15) is 0 Å². The minimum Gasteiger partial charge on any atom is -0.453 e. The molecule has 0 radical (unpaired) electrons. The number of hydrogen-bond acceptors (Lipinski definition) is 6. The summed E-state index contributed by atoms with van der Waals surface area (Å²) in [7, 11) is 2.33. The first-order valence-electron chi connectivity index (χ1n) is 5.23. The van der Waals surface area contributed by atoms with Crippen molar-refractivity contribution in [3.63, 3.8) is 0 Å². The summed E-state index contributed by atoms with van der Waals surface area (Å²) in [6, 6.07) is -1.84. The van der Waals surface area contributed by atoms with E-state index in [1.807, 2.05) is 0 Å². The Morgan fingerprint density at radius 3 is 1.56 bits per heavy atom. The number of amides is 2. The molecule has 0 aromatic heterocycles. The van der Waals surface area contributed by atoms with E-state index in [9.17, 15) is 19.8 Å². The van der Waals surface area contributed by atoms with Crippen LogP contribution < -0.4 is 10.6 Å². The lowest BCUT2D eigenvalue weighted by molar-refractivity contribution is 0.0679. The average molecular weight is 260 g/mol. The fraction of sp³-hybridized carbons (Fsp3) is 0.600. The van der Waals surface area contributed by atoms with Gasteiger partial charge in [-0.3, -0.25) is 0 Å². The van der Waals surface area contributed by atoms with Crippen LogP contribution in [0.3, 0.4) is 0 Å². The highest BCUT2D eigenvalue weighted by molar-refractivity contribution is 5.69. The third kappa shape index (κ3) is 3.34. The molecule has 18 heavy (non-hydrogen) atoms. The van der Waals surface area contributed by atoms with Crippen molar-refractivity contribution in [3.8, 4) is 0 Å². The average Bonchev–Trinajstić information content (AvgIpc) is 2.37. The van der Waals surface area contributed by atoms with Gasteiger partial charge in [0.1, 0.15) is 0 Å². The molecule has 0 aromatic carbocycles. The lowest BCUT2D eigenvalue weighted by atomic mass is 9.91. The van der Waals surface area contributed by atoms with Gasteiger partial charge in [0.05, 0.1) is 38.5 Å². The van der Waals surface area contributed by atoms with Crippen molar-refractivity contribution < 1.29 is 29.3 Å². The molecular weight excluding hydrogens is 244 g/mol. The molecule has 0 saturated heterocycles. The SMILES string of the molecule is COC(=O)N[C@H]1[C@H](NC(=O)OC)[C@@H](O)C=C[C@H]1O. The number of carbonyl (C=O) groups is 2. The molecule has 4 atom stereocenters. The number of aliphatic hydroxyl groups excluding tert-OH is 2. The van der Waals surface area contributed by atoms with Crippen molar-refractivity contribution in [3.05, 3.63) is 12.2 Å². The normalized spacial score (nSPS) is 30.4. The Bertz CT molecular complexity index is 313. The summed E-state index contributed by atoms with van der Waals surface area (Å²) in [4.78, 5) is 22.3. The Hall–Kier alpha value is -1.80. The van der Waals surface area contributed by atoms with Crippen molar-refractivity contribution in [1.29, 1.82) is 0 Å². The van der Waals surface area contributed by atoms with Crippen LogP contribution in [0, 0.1) is 0 Å². The van der Waals surface area contributed by atoms with Gasteiger partial charge < -0.3 is 30.3 Å². The summed E-state index contributed by atoms with van der Waals surface area (Å²) in [5, 5.41) is 24.1. The molecule has 2 amide bonds. The minimum absolute atomic E-state index is 0.779. The fourth-order valence-electron chi connectivity index (χ4n) is 1.63. The van der Waals surface area contributed by atoms with E-state index >= 15 is 0 Å². The molecule has 0 heterocycles. The van der Waals surface area contributed by atoms with Gasteiger partial charge in [0, 0.05) is 0 Å². The highest BCUT2D eigenvalue weighted by Gasteiger charge is 2.37. The molecule has 0 saturated carbocycles. The number of carbonyl (C=O) groups excluding carboxylic acids is 2. The molecule has 1 aliphatic carbocycles. The molecule has 8 heteroatoms. The summed E-state index contributed by atoms with van der Waals surface area (Å²) >= 11 is 0. The predicted octanol–water partition coefficient (Wildman–Crippen LogP) is -1.27. The van der Waals surface area contributed by atoms with E-state index in [-0.39, 0.29) is 0 Å². The van der Waals surface area contributed by atoms with Gasteiger partial charge in [-0.25, -0.2) is 9.59 Å². The summed E-state index contributed by atoms with van der Waals surface area (Å²) in [6.07, 6.45) is -1.04. The Morgan fingerprint density at radius 2 is 1.28 bits per heavy atom. The number of aliphatic hydroxyl groups is 2. The molecule has 4 N–H and O–H groups in total. The Morgan fingerprint density at radius 1 is 0.944 bits per heavy atom. The number of rotatable bonds is 2. The molecule has 0 fully saturated rings. The summed E-state index contributed by atoms with van der Waals surface area (Å²) in [6.45, 7) is 0. The van der Waals surface area contributed by atoms with E-state index in [4.69, 9.17) is 0 Å². The third-order valence-corrected chi connectivity index (χ3v) is 2.57. The first-order chi connectivity index (χ1) is 8.49. The lowest BCUT2D eigenvalue weighted by Crippen LogP contribution is -2.62. The van der Waals surface area contributed by atoms with Gasteiger partial charge in [-0.05, 0) is 0 Å². The second-order valence-electron chi connectivity index (χ2n) is 3.69. The number of methoxy groups -OCH3 is 2. The van der Waals surface area contributed by atoms with Crippen LogP contribution in [-0.2, 0) is 9.47 Å². The van der Waals surface area contributed by atoms with Crippen LogP contribution in [-0.4, -0.2) is 60.9 Å². The smallest absolute Gasteiger partial charge is 0.407 e. The van der Waals surface area contributed by atoms with Crippen molar-refractivity contribution >= 4 is 12.2 Å². The number of hydrogen-bond donors (Lipinski definition) is 4. The number of alkyl carbamates (subject to hydrolysis) is 2. The highest BCUT2D eigenvalue weighted by atomic mass is 16.5. The molecule has 0 aliphatic heterocycles. The Balaban J connectivity index is 2.81. The number of nitrogens with one attached hydrogen (secondary N) is 2. The van der Waals surface area contributed by atoms with Gasteiger partial charge in [0.15, 0.2) is 0 Å². The molecule has 0 unspecified atom stereocenters. The van der Waals surface area contributed by atoms with E-state index in [1.165, 1.54) is 26.4 Å². The molecule has 0 bridgehead atoms. The Kier molecular flexibility index (Phi) is 4.93. The fourth-order valence-corrected chi connectivity index (χ4v) is 1.63. The summed E-state index contributed by atoms with van der Waals surface area (Å²) in [5.41, 5.74) is 0. The maximum atomic E-state index is 11.1. The van der Waals surface area contributed by atoms with E-state index in [0.29, 0.717) is 0 Å². The molecule has 8 nitrogen and oxygen atoms in total. The van der Waals surface area contributed by atoms with Gasteiger partial charge in [-0.15, -0.1) is 0 Å². The molecule has 102 valence electrons. The van der Waals surface area contributed by atoms with Gasteiger partial charge in [-0.1, -0.05) is 12.2 Å². The van der Waals surface area contributed by atoms with Crippen LogP contribution in [0.2, 0.25) is 0 Å². The lowest BCUT2D eigenvalue weighted by Gasteiger charge is -2.35. The maximum Gasteiger partial charge on any atom is 0.407 e. The first-order valence-corrected chi connectivity index (χ1v) is 5.23. The summed E-state index contributed by atoms with van der Waals surface area (Å²) < 4.78 is 8.81. The zero-order chi connectivity index (χ0) is 13.7. The largest absolute Gasteiger partial charge is 0.453 e. The standard InChI is InChI=1S/C10H16N2O6/c1-17-9(15)11-7-5(13)3-4-6(14)8(7)12-10(16)18-2/h3-8,13-14H,1-2H3,(H,11,15)(H,12,16)/t5-,6+,7-,8-/m1/s1. The molecule has 1 aliphatic rings. The minimum atomic E-state index is -1.06. The van der Waals surface area contributed by atoms with Crippen molar-refractivity contribution in [2.24, 2.45) is 0 Å². The maximum absolute atomic E-state index is 11.1. The predicted molar refractivity (Wildman–Crippen MR) is 59.8 cm³/mol.